The molecule has 0 bridgehead atoms. The molecule has 4 heteroatoms. The molecule has 0 aliphatic rings. The maximum atomic E-state index is 11.1. The Kier molecular flexibility index (Phi) is 7.44. The van der Waals surface area contributed by atoms with Crippen LogP contribution >= 0.6 is 8.81 Å². The molecule has 3 rings (SSSR count). The van der Waals surface area contributed by atoms with E-state index in [1.807, 2.05) is 32.0 Å². The number of aryl methyl sites for hydroxylation is 5. The van der Waals surface area contributed by atoms with Crippen LogP contribution in [0.25, 0.3) is 11.1 Å². The molecule has 33 heavy (non-hydrogen) atoms. The summed E-state index contributed by atoms with van der Waals surface area (Å²) in [5, 5.41) is 10.7. The van der Waals surface area contributed by atoms with Gasteiger partial charge in [-0.15, -0.1) is 0 Å². The SMILES string of the molecule is CCC(C)(Oc1ccccc1C)POc1c(C)c(C)cc(C)c1-c1c(C)cc(C)c(C)c1O. The maximum absolute atomic E-state index is 11.1. The molecule has 0 amide bonds. The van der Waals surface area contributed by atoms with Crippen LogP contribution in [0.2, 0.25) is 0 Å². The minimum atomic E-state index is -0.465. The highest BCUT2D eigenvalue weighted by molar-refractivity contribution is 7.34. The summed E-state index contributed by atoms with van der Waals surface area (Å²) in [6.45, 7) is 18.7. The van der Waals surface area contributed by atoms with Gasteiger partial charge in [0.2, 0.25) is 0 Å². The van der Waals surface area contributed by atoms with E-state index >= 15 is 0 Å². The monoisotopic (exact) mass is 464 g/mol. The topological polar surface area (TPSA) is 38.7 Å². The highest BCUT2D eigenvalue weighted by Crippen LogP contribution is 2.49. The Balaban J connectivity index is 2.07. The third kappa shape index (κ3) is 5.04. The predicted molar refractivity (Wildman–Crippen MR) is 141 cm³/mol. The fourth-order valence-corrected chi connectivity index (χ4v) is 4.98. The van der Waals surface area contributed by atoms with Gasteiger partial charge in [0.1, 0.15) is 26.1 Å². The lowest BCUT2D eigenvalue weighted by Gasteiger charge is -2.31. The molecular formula is C29H37O3P. The first-order valence-corrected chi connectivity index (χ1v) is 12.5. The van der Waals surface area contributed by atoms with Crippen molar-refractivity contribution in [3.8, 4) is 28.4 Å². The number of rotatable bonds is 7. The minimum Gasteiger partial charge on any atom is -0.507 e. The molecular weight excluding hydrogens is 427 g/mol. The van der Waals surface area contributed by atoms with Crippen LogP contribution in [0.1, 0.15) is 59.2 Å². The number of phenols is 1. The summed E-state index contributed by atoms with van der Waals surface area (Å²) in [4.78, 5) is 0. The van der Waals surface area contributed by atoms with Gasteiger partial charge < -0.3 is 14.4 Å². The average Bonchev–Trinajstić information content (AvgIpc) is 2.76. The number of ether oxygens (including phenoxy) is 1. The van der Waals surface area contributed by atoms with Crippen molar-refractivity contribution in [1.29, 1.82) is 0 Å². The standard InChI is InChI=1S/C29H37O3P/c1-10-29(9,31-24-14-12-11-13-17(24)2)33-32-28-23(8)19(4)16-21(6)26(28)25-20(5)15-18(3)22(7)27(25)30/h11-16,30,33H,10H2,1-9H3. The number of benzene rings is 3. The van der Waals surface area contributed by atoms with Crippen molar-refractivity contribution < 1.29 is 14.4 Å². The van der Waals surface area contributed by atoms with Crippen molar-refractivity contribution in [3.05, 3.63) is 75.3 Å². The Bertz CT molecular complexity index is 1180. The lowest BCUT2D eigenvalue weighted by Crippen LogP contribution is -2.27. The molecule has 3 aromatic rings. The van der Waals surface area contributed by atoms with Gasteiger partial charge in [0.25, 0.3) is 0 Å². The second kappa shape index (κ2) is 9.77. The van der Waals surface area contributed by atoms with Gasteiger partial charge in [0.05, 0.1) is 0 Å². The zero-order valence-electron chi connectivity index (χ0n) is 21.4. The highest BCUT2D eigenvalue weighted by atomic mass is 31.1. The van der Waals surface area contributed by atoms with Crippen molar-refractivity contribution in [1.82, 2.24) is 0 Å². The Morgan fingerprint density at radius 1 is 0.788 bits per heavy atom. The molecule has 3 aromatic carbocycles. The molecule has 176 valence electrons. The van der Waals surface area contributed by atoms with E-state index in [0.717, 1.165) is 62.4 Å². The summed E-state index contributed by atoms with van der Waals surface area (Å²) in [6, 6.07) is 12.4. The van der Waals surface area contributed by atoms with Gasteiger partial charge in [0, 0.05) is 11.1 Å². The van der Waals surface area contributed by atoms with Gasteiger partial charge in [-0.25, -0.2) is 0 Å². The molecule has 1 N–H and O–H groups in total. The molecule has 2 atom stereocenters. The first-order chi connectivity index (χ1) is 15.5. The van der Waals surface area contributed by atoms with Crippen molar-refractivity contribution in [3.63, 3.8) is 0 Å². The van der Waals surface area contributed by atoms with Gasteiger partial charge in [-0.2, -0.15) is 0 Å². The number of aromatic hydroxyl groups is 1. The Morgan fingerprint density at radius 3 is 1.97 bits per heavy atom. The molecule has 0 fully saturated rings. The predicted octanol–water partition coefficient (Wildman–Crippen LogP) is 8.40. The lowest BCUT2D eigenvalue weighted by molar-refractivity contribution is 0.169. The third-order valence-electron chi connectivity index (χ3n) is 6.72. The fourth-order valence-electron chi connectivity index (χ4n) is 4.11. The maximum Gasteiger partial charge on any atom is 0.157 e. The van der Waals surface area contributed by atoms with Crippen molar-refractivity contribution in [2.24, 2.45) is 0 Å². The Morgan fingerprint density at radius 2 is 1.36 bits per heavy atom. The summed E-state index contributed by atoms with van der Waals surface area (Å²) in [7, 11) is 0.0906. The summed E-state index contributed by atoms with van der Waals surface area (Å²) >= 11 is 0. The molecule has 0 saturated carbocycles. The second-order valence-corrected chi connectivity index (χ2v) is 10.8. The first kappa shape index (κ1) is 25.1. The van der Waals surface area contributed by atoms with Crippen molar-refractivity contribution in [2.45, 2.75) is 74.1 Å². The van der Waals surface area contributed by atoms with Crippen LogP contribution < -0.4 is 9.26 Å². The summed E-state index contributed by atoms with van der Waals surface area (Å²) in [5.41, 5.74) is 9.34. The van der Waals surface area contributed by atoms with Crippen molar-refractivity contribution in [2.75, 3.05) is 0 Å². The molecule has 0 aromatic heterocycles. The van der Waals surface area contributed by atoms with Crippen LogP contribution in [0.4, 0.5) is 0 Å². The van der Waals surface area contributed by atoms with Gasteiger partial charge >= 0.3 is 0 Å². The summed E-state index contributed by atoms with van der Waals surface area (Å²) < 4.78 is 13.1. The zero-order chi connectivity index (χ0) is 24.5. The van der Waals surface area contributed by atoms with E-state index in [0.29, 0.717) is 5.75 Å². The number of hydrogen-bond donors (Lipinski definition) is 1. The average molecular weight is 465 g/mol. The number of hydrogen-bond acceptors (Lipinski definition) is 3. The molecule has 0 radical (unpaired) electrons. The highest BCUT2D eigenvalue weighted by Gasteiger charge is 2.29. The Labute approximate surface area is 201 Å². The van der Waals surface area contributed by atoms with Crippen molar-refractivity contribution >= 4 is 8.81 Å². The van der Waals surface area contributed by atoms with Gasteiger partial charge in [-0.1, -0.05) is 37.3 Å². The molecule has 0 aliphatic heterocycles. The third-order valence-corrected chi connectivity index (χ3v) is 7.91. The minimum absolute atomic E-state index is 0.0906. The van der Waals surface area contributed by atoms with Crippen LogP contribution in [0.3, 0.4) is 0 Å². The van der Waals surface area contributed by atoms with Crippen LogP contribution in [0.15, 0.2) is 36.4 Å². The smallest absolute Gasteiger partial charge is 0.157 e. The van der Waals surface area contributed by atoms with Crippen LogP contribution in [-0.2, 0) is 0 Å². The second-order valence-electron chi connectivity index (χ2n) is 9.35. The van der Waals surface area contributed by atoms with Crippen LogP contribution in [0.5, 0.6) is 17.2 Å². The fraction of sp³-hybridized carbons (Fsp3) is 0.379. The molecule has 0 spiro atoms. The Hall–Kier alpha value is -2.51. The number of para-hydroxylation sites is 1. The van der Waals surface area contributed by atoms with E-state index in [1.165, 1.54) is 5.56 Å². The van der Waals surface area contributed by atoms with E-state index in [-0.39, 0.29) is 8.81 Å². The first-order valence-electron chi connectivity index (χ1n) is 11.6. The number of phenolic OH excluding ortho intramolecular Hbond substituents is 1. The summed E-state index contributed by atoms with van der Waals surface area (Å²) in [6.07, 6.45) is 0.812. The quantitative estimate of drug-likeness (QED) is 0.357. The summed E-state index contributed by atoms with van der Waals surface area (Å²) in [5.74, 6) is 2.06. The van der Waals surface area contributed by atoms with Gasteiger partial charge in [-0.05, 0) is 107 Å². The van der Waals surface area contributed by atoms with Gasteiger partial charge in [0.15, 0.2) is 5.34 Å². The van der Waals surface area contributed by atoms with Gasteiger partial charge in [-0.3, -0.25) is 0 Å². The molecule has 3 nitrogen and oxygen atoms in total. The molecule has 2 unspecified atom stereocenters. The van der Waals surface area contributed by atoms with E-state index in [9.17, 15) is 5.11 Å². The lowest BCUT2D eigenvalue weighted by atomic mass is 9.88. The molecule has 0 heterocycles. The normalized spacial score (nSPS) is 13.4. The van der Waals surface area contributed by atoms with E-state index in [2.05, 4.69) is 66.7 Å². The van der Waals surface area contributed by atoms with E-state index in [1.54, 1.807) is 0 Å². The zero-order valence-corrected chi connectivity index (χ0v) is 22.4. The van der Waals surface area contributed by atoms with E-state index in [4.69, 9.17) is 9.26 Å². The van der Waals surface area contributed by atoms with E-state index < -0.39 is 5.34 Å². The largest absolute Gasteiger partial charge is 0.507 e. The van der Waals surface area contributed by atoms with Crippen LogP contribution in [-0.4, -0.2) is 10.4 Å². The molecule has 0 aliphatic carbocycles. The van der Waals surface area contributed by atoms with Crippen LogP contribution in [0, 0.1) is 48.5 Å². The molecule has 0 saturated heterocycles.